The third kappa shape index (κ3) is 3.44. The van der Waals surface area contributed by atoms with E-state index >= 15 is 0 Å². The third-order valence-corrected chi connectivity index (χ3v) is 4.94. The molecule has 3 rings (SSSR count). The van der Waals surface area contributed by atoms with Crippen LogP contribution in [0.3, 0.4) is 0 Å². The van der Waals surface area contributed by atoms with Crippen molar-refractivity contribution >= 4 is 11.8 Å². The topological polar surface area (TPSA) is 89.9 Å². The standard InChI is InChI=1S/C18H24N2O4/c21-14-11-20(18(24)12-7-3-1-4-8-12)15(16(14)22)17(23)19-13-9-5-2-6-10-13/h1,3-4,7-8,13-16,21-22H,2,5-6,9-11H2,(H,19,23)/t14-,15?,16+/m0/s1. The van der Waals surface area contributed by atoms with Crippen molar-refractivity contribution in [2.45, 2.75) is 56.4 Å². The zero-order valence-corrected chi connectivity index (χ0v) is 13.6. The van der Waals surface area contributed by atoms with Crippen LogP contribution in [0.4, 0.5) is 0 Å². The Morgan fingerprint density at radius 2 is 1.71 bits per heavy atom. The van der Waals surface area contributed by atoms with E-state index in [-0.39, 0.29) is 24.4 Å². The van der Waals surface area contributed by atoms with Crippen molar-refractivity contribution in [1.29, 1.82) is 0 Å². The van der Waals surface area contributed by atoms with Crippen LogP contribution in [0.1, 0.15) is 42.5 Å². The number of hydrogen-bond acceptors (Lipinski definition) is 4. The molecular formula is C18H24N2O4. The minimum atomic E-state index is -1.26. The van der Waals surface area contributed by atoms with Crippen molar-refractivity contribution in [3.8, 4) is 0 Å². The maximum absolute atomic E-state index is 12.7. The Kier molecular flexibility index (Phi) is 5.16. The van der Waals surface area contributed by atoms with Crippen molar-refractivity contribution in [2.75, 3.05) is 6.54 Å². The molecule has 1 aliphatic heterocycles. The van der Waals surface area contributed by atoms with Gasteiger partial charge in [-0.05, 0) is 25.0 Å². The number of hydrogen-bond donors (Lipinski definition) is 3. The van der Waals surface area contributed by atoms with Crippen LogP contribution in [0.15, 0.2) is 30.3 Å². The molecule has 1 saturated heterocycles. The van der Waals surface area contributed by atoms with Gasteiger partial charge in [0, 0.05) is 11.6 Å². The Bertz CT molecular complexity index is 586. The first-order valence-electron chi connectivity index (χ1n) is 8.60. The summed E-state index contributed by atoms with van der Waals surface area (Å²) in [5.41, 5.74) is 0.439. The number of nitrogens with one attached hydrogen (secondary N) is 1. The summed E-state index contributed by atoms with van der Waals surface area (Å²) in [7, 11) is 0. The average molecular weight is 332 g/mol. The number of carbonyl (C=O) groups excluding carboxylic acids is 2. The molecule has 0 bridgehead atoms. The van der Waals surface area contributed by atoms with E-state index in [0.717, 1.165) is 25.7 Å². The number of amides is 2. The van der Waals surface area contributed by atoms with Crippen LogP contribution in [0.25, 0.3) is 0 Å². The minimum absolute atomic E-state index is 0.0440. The van der Waals surface area contributed by atoms with Gasteiger partial charge in [0.2, 0.25) is 5.91 Å². The summed E-state index contributed by atoms with van der Waals surface area (Å²) in [5, 5.41) is 23.1. The van der Waals surface area contributed by atoms with Crippen LogP contribution in [0.5, 0.6) is 0 Å². The van der Waals surface area contributed by atoms with Gasteiger partial charge >= 0.3 is 0 Å². The van der Waals surface area contributed by atoms with Gasteiger partial charge in [0.25, 0.3) is 5.91 Å². The van der Waals surface area contributed by atoms with Gasteiger partial charge in [-0.1, -0.05) is 37.5 Å². The van der Waals surface area contributed by atoms with E-state index < -0.39 is 18.2 Å². The highest BCUT2D eigenvalue weighted by atomic mass is 16.3. The Balaban J connectivity index is 1.75. The zero-order valence-electron chi connectivity index (χ0n) is 13.6. The summed E-state index contributed by atoms with van der Waals surface area (Å²) < 4.78 is 0. The molecule has 2 fully saturated rings. The van der Waals surface area contributed by atoms with Gasteiger partial charge in [0.05, 0.1) is 6.54 Å². The van der Waals surface area contributed by atoms with E-state index in [4.69, 9.17) is 0 Å². The number of likely N-dealkylation sites (tertiary alicyclic amines) is 1. The van der Waals surface area contributed by atoms with Crippen molar-refractivity contribution in [3.05, 3.63) is 35.9 Å². The summed E-state index contributed by atoms with van der Waals surface area (Å²) in [4.78, 5) is 26.6. The lowest BCUT2D eigenvalue weighted by Crippen LogP contribution is -2.53. The number of aliphatic hydroxyl groups is 2. The lowest BCUT2D eigenvalue weighted by Gasteiger charge is -2.29. The normalized spacial score (nSPS) is 27.9. The van der Waals surface area contributed by atoms with Gasteiger partial charge in [-0.2, -0.15) is 0 Å². The van der Waals surface area contributed by atoms with E-state index in [1.54, 1.807) is 30.3 Å². The fourth-order valence-corrected chi connectivity index (χ4v) is 3.60. The molecule has 0 radical (unpaired) electrons. The van der Waals surface area contributed by atoms with Crippen LogP contribution >= 0.6 is 0 Å². The van der Waals surface area contributed by atoms with Crippen LogP contribution < -0.4 is 5.32 Å². The highest BCUT2D eigenvalue weighted by Gasteiger charge is 2.47. The number of rotatable bonds is 3. The SMILES string of the molecule is O=C(NC1CCCCC1)C1[C@H](O)[C@@H](O)CN1C(=O)c1ccccc1. The van der Waals surface area contributed by atoms with Crippen molar-refractivity contribution < 1.29 is 19.8 Å². The predicted molar refractivity (Wildman–Crippen MR) is 88.3 cm³/mol. The van der Waals surface area contributed by atoms with Crippen LogP contribution in [-0.2, 0) is 4.79 Å². The maximum Gasteiger partial charge on any atom is 0.254 e. The predicted octanol–water partition coefficient (Wildman–Crippen LogP) is 0.682. The molecule has 6 nitrogen and oxygen atoms in total. The van der Waals surface area contributed by atoms with E-state index in [0.29, 0.717) is 5.56 Å². The molecule has 1 aromatic carbocycles. The monoisotopic (exact) mass is 332 g/mol. The molecule has 0 aromatic heterocycles. The average Bonchev–Trinajstić information content (AvgIpc) is 2.91. The van der Waals surface area contributed by atoms with Crippen LogP contribution in [0.2, 0.25) is 0 Å². The molecule has 24 heavy (non-hydrogen) atoms. The highest BCUT2D eigenvalue weighted by Crippen LogP contribution is 2.23. The van der Waals surface area contributed by atoms with Crippen LogP contribution in [-0.4, -0.2) is 57.8 Å². The van der Waals surface area contributed by atoms with Crippen molar-refractivity contribution in [3.63, 3.8) is 0 Å². The van der Waals surface area contributed by atoms with E-state index in [1.807, 2.05) is 0 Å². The summed E-state index contributed by atoms with van der Waals surface area (Å²) in [6, 6.07) is 7.66. The molecule has 2 amide bonds. The van der Waals surface area contributed by atoms with Crippen molar-refractivity contribution in [1.82, 2.24) is 10.2 Å². The smallest absolute Gasteiger partial charge is 0.254 e. The maximum atomic E-state index is 12.7. The quantitative estimate of drug-likeness (QED) is 0.759. The van der Waals surface area contributed by atoms with E-state index in [2.05, 4.69) is 5.32 Å². The van der Waals surface area contributed by atoms with Gasteiger partial charge < -0.3 is 20.4 Å². The molecule has 1 unspecified atom stereocenters. The van der Waals surface area contributed by atoms with E-state index in [9.17, 15) is 19.8 Å². The molecule has 1 aromatic rings. The minimum Gasteiger partial charge on any atom is -0.388 e. The molecule has 6 heteroatoms. The Hall–Kier alpha value is -1.92. The summed E-state index contributed by atoms with van der Waals surface area (Å²) in [6.45, 7) is -0.0440. The lowest BCUT2D eigenvalue weighted by molar-refractivity contribution is -0.128. The van der Waals surface area contributed by atoms with Crippen LogP contribution in [0, 0.1) is 0 Å². The molecule has 1 aliphatic carbocycles. The largest absolute Gasteiger partial charge is 0.388 e. The molecule has 3 N–H and O–H groups in total. The molecule has 1 saturated carbocycles. The number of carbonyl (C=O) groups is 2. The molecule has 1 heterocycles. The first kappa shape index (κ1) is 16.9. The summed E-state index contributed by atoms with van der Waals surface area (Å²) >= 11 is 0. The first-order chi connectivity index (χ1) is 11.6. The number of nitrogens with zero attached hydrogens (tertiary/aromatic N) is 1. The summed E-state index contributed by atoms with van der Waals surface area (Å²) in [5.74, 6) is -0.731. The highest BCUT2D eigenvalue weighted by molar-refractivity contribution is 5.98. The third-order valence-electron chi connectivity index (χ3n) is 4.94. The van der Waals surface area contributed by atoms with Crippen molar-refractivity contribution in [2.24, 2.45) is 0 Å². The zero-order chi connectivity index (χ0) is 17.1. The molecule has 130 valence electrons. The Morgan fingerprint density at radius 3 is 2.38 bits per heavy atom. The second-order valence-electron chi connectivity index (χ2n) is 6.67. The van der Waals surface area contributed by atoms with Gasteiger partial charge in [0.15, 0.2) is 0 Å². The second kappa shape index (κ2) is 7.32. The Morgan fingerprint density at radius 1 is 1.04 bits per heavy atom. The number of aliphatic hydroxyl groups excluding tert-OH is 2. The fourth-order valence-electron chi connectivity index (χ4n) is 3.60. The molecule has 0 spiro atoms. The molecule has 3 atom stereocenters. The summed E-state index contributed by atoms with van der Waals surface area (Å²) in [6.07, 6.45) is 2.80. The molecule has 2 aliphatic rings. The fraction of sp³-hybridized carbons (Fsp3) is 0.556. The number of benzene rings is 1. The first-order valence-corrected chi connectivity index (χ1v) is 8.60. The van der Waals surface area contributed by atoms with Gasteiger partial charge in [-0.3, -0.25) is 9.59 Å². The molecular weight excluding hydrogens is 308 g/mol. The lowest BCUT2D eigenvalue weighted by atomic mass is 9.95. The van der Waals surface area contributed by atoms with Gasteiger partial charge in [0.1, 0.15) is 18.2 Å². The Labute approximate surface area is 141 Å². The van der Waals surface area contributed by atoms with E-state index in [1.165, 1.54) is 11.3 Å². The number of β-amino-alcohol motifs (C(OH)–C–C–N with tert-alkyl or cyclic N) is 1. The second-order valence-corrected chi connectivity index (χ2v) is 6.67. The van der Waals surface area contributed by atoms with Gasteiger partial charge in [-0.25, -0.2) is 0 Å². The van der Waals surface area contributed by atoms with Gasteiger partial charge in [-0.15, -0.1) is 0 Å².